The van der Waals surface area contributed by atoms with Crippen molar-refractivity contribution in [3.8, 4) is 78.4 Å². The van der Waals surface area contributed by atoms with Crippen molar-refractivity contribution in [3.05, 3.63) is 212 Å². The highest BCUT2D eigenvalue weighted by Crippen LogP contribution is 2.37. The molecule has 0 radical (unpaired) electrons. The maximum Gasteiger partial charge on any atom is 0.0978 e. The van der Waals surface area contributed by atoms with E-state index >= 15 is 0 Å². The number of pyridine rings is 3. The van der Waals surface area contributed by atoms with Crippen LogP contribution in [0.15, 0.2) is 212 Å². The summed E-state index contributed by atoms with van der Waals surface area (Å²) < 4.78 is 0. The number of benzene rings is 7. The first-order valence-corrected chi connectivity index (χ1v) is 18.9. The highest BCUT2D eigenvalue weighted by Gasteiger charge is 2.15. The van der Waals surface area contributed by atoms with Gasteiger partial charge in [0.05, 0.1) is 33.8 Å². The topological polar surface area (TPSA) is 38.7 Å². The van der Waals surface area contributed by atoms with Crippen LogP contribution in [0.2, 0.25) is 0 Å². The monoisotopic (exact) mass is 713 g/mol. The average Bonchev–Trinajstić information content (AvgIpc) is 3.29. The van der Waals surface area contributed by atoms with E-state index in [1.807, 2.05) is 12.1 Å². The molecule has 0 unspecified atom stereocenters. The number of aromatic nitrogens is 3. The number of hydrogen-bond donors (Lipinski definition) is 0. The predicted octanol–water partition coefficient (Wildman–Crippen LogP) is 13.8. The molecule has 0 spiro atoms. The third kappa shape index (κ3) is 6.42. The van der Waals surface area contributed by atoms with Gasteiger partial charge in [0.25, 0.3) is 0 Å². The standard InChI is InChI=1S/C53H35N3/c1-5-14-36(15-6-1)45-33-49(40-20-11-4-12-21-40)54-50(34-45)41-26-24-37(25-27-41)43-22-13-23-44(32-43)51-35-47(38-16-7-2-8-17-38)46-30-28-42-29-31-48(39-18-9-3-10-19-39)55-52(42)53(46)56-51/h1-35H. The molecule has 0 bridgehead atoms. The second-order valence-electron chi connectivity index (χ2n) is 14.0. The Kier molecular flexibility index (Phi) is 8.51. The quantitative estimate of drug-likeness (QED) is 0.154. The normalized spacial score (nSPS) is 11.2. The molecular formula is C53H35N3. The molecule has 3 aromatic heterocycles. The predicted molar refractivity (Wildman–Crippen MR) is 233 cm³/mol. The maximum atomic E-state index is 5.38. The molecule has 0 N–H and O–H groups in total. The first-order valence-electron chi connectivity index (χ1n) is 18.9. The summed E-state index contributed by atoms with van der Waals surface area (Å²) in [4.78, 5) is 15.7. The fourth-order valence-electron chi connectivity index (χ4n) is 7.57. The smallest absolute Gasteiger partial charge is 0.0978 e. The van der Waals surface area contributed by atoms with E-state index < -0.39 is 0 Å². The molecule has 0 amide bonds. The molecule has 0 aliphatic carbocycles. The summed E-state index contributed by atoms with van der Waals surface area (Å²) in [6.45, 7) is 0. The summed E-state index contributed by atoms with van der Waals surface area (Å²) in [7, 11) is 0. The van der Waals surface area contributed by atoms with Gasteiger partial charge < -0.3 is 0 Å². The molecule has 0 saturated heterocycles. The summed E-state index contributed by atoms with van der Waals surface area (Å²) in [6, 6.07) is 74.5. The van der Waals surface area contributed by atoms with Crippen LogP contribution in [0.5, 0.6) is 0 Å². The summed E-state index contributed by atoms with van der Waals surface area (Å²) in [6.07, 6.45) is 0. The third-order valence-corrected chi connectivity index (χ3v) is 10.5. The number of hydrogen-bond acceptors (Lipinski definition) is 3. The molecule has 3 heterocycles. The molecule has 0 aliphatic heterocycles. The molecule has 56 heavy (non-hydrogen) atoms. The fraction of sp³-hybridized carbons (Fsp3) is 0. The molecule has 3 nitrogen and oxygen atoms in total. The number of nitrogens with zero attached hydrogens (tertiary/aromatic N) is 3. The SMILES string of the molecule is c1ccc(-c2cc(-c3ccccc3)nc(-c3ccc(-c4cccc(-c5cc(-c6ccccc6)c6ccc7ccc(-c8ccccc8)nc7c6n5)c4)cc3)c2)cc1. The van der Waals surface area contributed by atoms with Crippen LogP contribution in [0.25, 0.3) is 100 Å². The van der Waals surface area contributed by atoms with Gasteiger partial charge >= 0.3 is 0 Å². The summed E-state index contributed by atoms with van der Waals surface area (Å²) >= 11 is 0. The lowest BCUT2D eigenvalue weighted by Gasteiger charge is -2.14. The van der Waals surface area contributed by atoms with Gasteiger partial charge in [-0.15, -0.1) is 0 Å². The van der Waals surface area contributed by atoms with Crippen LogP contribution in [0, 0.1) is 0 Å². The highest BCUT2D eigenvalue weighted by molar-refractivity contribution is 6.09. The van der Waals surface area contributed by atoms with E-state index in [4.69, 9.17) is 15.0 Å². The summed E-state index contributed by atoms with van der Waals surface area (Å²) in [5.41, 5.74) is 16.7. The van der Waals surface area contributed by atoms with E-state index in [-0.39, 0.29) is 0 Å². The number of rotatable bonds is 7. The zero-order chi connectivity index (χ0) is 37.3. The van der Waals surface area contributed by atoms with Gasteiger partial charge in [0.15, 0.2) is 0 Å². The average molecular weight is 714 g/mol. The van der Waals surface area contributed by atoms with Gasteiger partial charge in [-0.1, -0.05) is 182 Å². The van der Waals surface area contributed by atoms with E-state index in [1.165, 1.54) is 5.56 Å². The molecular weight excluding hydrogens is 679 g/mol. The van der Waals surface area contributed by atoms with Crippen molar-refractivity contribution in [1.29, 1.82) is 0 Å². The largest absolute Gasteiger partial charge is 0.248 e. The van der Waals surface area contributed by atoms with Crippen LogP contribution in [0.4, 0.5) is 0 Å². The first kappa shape index (κ1) is 33.1. The lowest BCUT2D eigenvalue weighted by Crippen LogP contribution is -1.94. The molecule has 262 valence electrons. The van der Waals surface area contributed by atoms with E-state index in [1.54, 1.807) is 0 Å². The molecule has 10 rings (SSSR count). The highest BCUT2D eigenvalue weighted by atomic mass is 14.8. The Hall–Kier alpha value is -7.49. The fourth-order valence-corrected chi connectivity index (χ4v) is 7.57. The lowest BCUT2D eigenvalue weighted by molar-refractivity contribution is 1.32. The molecule has 0 atom stereocenters. The molecule has 0 aliphatic rings. The van der Waals surface area contributed by atoms with Crippen LogP contribution in [0.3, 0.4) is 0 Å². The summed E-state index contributed by atoms with van der Waals surface area (Å²) in [5.74, 6) is 0. The Morgan fingerprint density at radius 2 is 0.696 bits per heavy atom. The van der Waals surface area contributed by atoms with E-state index in [0.29, 0.717) is 0 Å². The molecule has 7 aromatic carbocycles. The van der Waals surface area contributed by atoms with Gasteiger partial charge in [-0.3, -0.25) is 0 Å². The second kappa shape index (κ2) is 14.4. The van der Waals surface area contributed by atoms with Gasteiger partial charge in [0, 0.05) is 33.0 Å². The van der Waals surface area contributed by atoms with Crippen molar-refractivity contribution in [1.82, 2.24) is 15.0 Å². The van der Waals surface area contributed by atoms with Crippen molar-refractivity contribution < 1.29 is 0 Å². The number of fused-ring (bicyclic) bond motifs is 3. The van der Waals surface area contributed by atoms with Crippen molar-refractivity contribution in [2.45, 2.75) is 0 Å². The first-order chi connectivity index (χ1) is 27.7. The minimum Gasteiger partial charge on any atom is -0.248 e. The van der Waals surface area contributed by atoms with Crippen molar-refractivity contribution >= 4 is 21.8 Å². The minimum absolute atomic E-state index is 0.895. The van der Waals surface area contributed by atoms with Crippen LogP contribution >= 0.6 is 0 Å². The van der Waals surface area contributed by atoms with Gasteiger partial charge in [-0.25, -0.2) is 15.0 Å². The van der Waals surface area contributed by atoms with Crippen LogP contribution < -0.4 is 0 Å². The second-order valence-corrected chi connectivity index (χ2v) is 14.0. The Morgan fingerprint density at radius 1 is 0.232 bits per heavy atom. The van der Waals surface area contributed by atoms with Crippen LogP contribution in [0.1, 0.15) is 0 Å². The maximum absolute atomic E-state index is 5.38. The molecule has 0 saturated carbocycles. The van der Waals surface area contributed by atoms with E-state index in [9.17, 15) is 0 Å². The summed E-state index contributed by atoms with van der Waals surface area (Å²) in [5, 5.41) is 2.15. The van der Waals surface area contributed by atoms with Gasteiger partial charge in [0.2, 0.25) is 0 Å². The van der Waals surface area contributed by atoms with Crippen LogP contribution in [-0.4, -0.2) is 15.0 Å². The Morgan fingerprint density at radius 3 is 1.36 bits per heavy atom. The van der Waals surface area contributed by atoms with Crippen molar-refractivity contribution in [2.75, 3.05) is 0 Å². The van der Waals surface area contributed by atoms with Gasteiger partial charge in [-0.2, -0.15) is 0 Å². The zero-order valence-electron chi connectivity index (χ0n) is 30.5. The van der Waals surface area contributed by atoms with E-state index in [0.717, 1.165) is 94.7 Å². The minimum atomic E-state index is 0.895. The Bertz CT molecular complexity index is 2920. The Labute approximate surface area is 326 Å². The molecule has 10 aromatic rings. The molecule has 3 heteroatoms. The van der Waals surface area contributed by atoms with Gasteiger partial charge in [0.1, 0.15) is 0 Å². The van der Waals surface area contributed by atoms with Crippen molar-refractivity contribution in [2.24, 2.45) is 0 Å². The van der Waals surface area contributed by atoms with Crippen molar-refractivity contribution in [3.63, 3.8) is 0 Å². The molecule has 0 fully saturated rings. The van der Waals surface area contributed by atoms with Crippen LogP contribution in [-0.2, 0) is 0 Å². The Balaban J connectivity index is 1.06. The zero-order valence-corrected chi connectivity index (χ0v) is 30.5. The lowest BCUT2D eigenvalue weighted by atomic mass is 9.95. The third-order valence-electron chi connectivity index (χ3n) is 10.5. The van der Waals surface area contributed by atoms with E-state index in [2.05, 4.69) is 200 Å². The van der Waals surface area contributed by atoms with Gasteiger partial charge in [-0.05, 0) is 63.7 Å².